The van der Waals surface area contributed by atoms with E-state index in [0.717, 1.165) is 16.6 Å². The molecule has 6 heteroatoms. The average molecular weight is 308 g/mol. The molecule has 0 aromatic heterocycles. The molecule has 0 bridgehead atoms. The Morgan fingerprint density at radius 1 is 1.18 bits per heavy atom. The second-order valence-electron chi connectivity index (χ2n) is 4.90. The molecule has 4 rings (SSSR count). The molecule has 3 heterocycles. The van der Waals surface area contributed by atoms with Crippen molar-refractivity contribution < 1.29 is 4.79 Å². The van der Waals surface area contributed by atoms with Crippen LogP contribution < -0.4 is 5.01 Å². The van der Waals surface area contributed by atoms with Crippen molar-refractivity contribution in [2.75, 3.05) is 5.01 Å². The summed E-state index contributed by atoms with van der Waals surface area (Å²) in [6.45, 7) is 1.86. The fourth-order valence-electron chi connectivity index (χ4n) is 2.55. The third-order valence-electron chi connectivity index (χ3n) is 3.54. The number of hydrazone groups is 1. The molecule has 3 aliphatic heterocycles. The molecular weight excluding hydrogens is 296 g/mol. The van der Waals surface area contributed by atoms with Crippen molar-refractivity contribution in [3.8, 4) is 0 Å². The highest BCUT2D eigenvalue weighted by molar-refractivity contribution is 8.16. The number of amidine groups is 1. The summed E-state index contributed by atoms with van der Waals surface area (Å²) in [5.41, 5.74) is 2.90. The zero-order valence-corrected chi connectivity index (χ0v) is 12.6. The van der Waals surface area contributed by atoms with Gasteiger partial charge < -0.3 is 0 Å². The zero-order chi connectivity index (χ0) is 15.1. The number of allylic oxidation sites excluding steroid dienone is 1. The Bertz CT molecular complexity index is 805. The minimum atomic E-state index is -0.116. The second kappa shape index (κ2) is 4.99. The van der Waals surface area contributed by atoms with Crippen LogP contribution in [0.25, 0.3) is 0 Å². The number of thioether (sulfide) groups is 1. The van der Waals surface area contributed by atoms with Gasteiger partial charge in [0.05, 0.1) is 22.7 Å². The van der Waals surface area contributed by atoms with Gasteiger partial charge in [-0.1, -0.05) is 30.0 Å². The maximum absolute atomic E-state index is 12.8. The summed E-state index contributed by atoms with van der Waals surface area (Å²) in [6.07, 6.45) is 5.49. The number of carbonyl (C=O) groups is 1. The maximum atomic E-state index is 12.8. The number of anilines is 1. The number of nitrogens with zero attached hydrogens (tertiary/aromatic N) is 4. The van der Waals surface area contributed by atoms with Crippen molar-refractivity contribution in [3.63, 3.8) is 0 Å². The molecule has 0 aliphatic carbocycles. The molecule has 1 amide bonds. The van der Waals surface area contributed by atoms with Crippen molar-refractivity contribution in [1.82, 2.24) is 4.90 Å². The van der Waals surface area contributed by atoms with E-state index in [1.807, 2.05) is 59.8 Å². The van der Waals surface area contributed by atoms with Gasteiger partial charge in [-0.3, -0.25) is 9.69 Å². The molecule has 108 valence electrons. The molecule has 0 fully saturated rings. The molecule has 1 aromatic rings. The number of fused-ring (bicyclic) bond motifs is 1. The number of benzene rings is 1. The maximum Gasteiger partial charge on any atom is 0.282 e. The van der Waals surface area contributed by atoms with E-state index in [9.17, 15) is 4.79 Å². The Kier molecular flexibility index (Phi) is 2.97. The molecule has 1 aromatic carbocycles. The quantitative estimate of drug-likeness (QED) is 0.749. The van der Waals surface area contributed by atoms with Gasteiger partial charge in [0.15, 0.2) is 5.17 Å². The topological polar surface area (TPSA) is 48.3 Å². The van der Waals surface area contributed by atoms with Crippen LogP contribution in [-0.4, -0.2) is 21.7 Å². The van der Waals surface area contributed by atoms with Gasteiger partial charge in [0.25, 0.3) is 5.91 Å². The third-order valence-corrected chi connectivity index (χ3v) is 4.31. The molecule has 0 saturated heterocycles. The first-order valence-electron chi connectivity index (χ1n) is 6.82. The number of para-hydroxylation sites is 1. The van der Waals surface area contributed by atoms with Crippen molar-refractivity contribution in [1.29, 1.82) is 0 Å². The lowest BCUT2D eigenvalue weighted by Gasteiger charge is -2.22. The molecular formula is C16H12N4OS. The molecule has 0 N–H and O–H groups in total. The number of hydrogen-bond donors (Lipinski definition) is 0. The largest absolute Gasteiger partial charge is 0.295 e. The van der Waals surface area contributed by atoms with Crippen molar-refractivity contribution >= 4 is 34.2 Å². The molecule has 0 atom stereocenters. The molecule has 0 unspecified atom stereocenters. The Balaban J connectivity index is 1.78. The number of amides is 1. The first kappa shape index (κ1) is 13.1. The fourth-order valence-corrected chi connectivity index (χ4v) is 3.25. The zero-order valence-electron chi connectivity index (χ0n) is 11.8. The van der Waals surface area contributed by atoms with E-state index in [1.54, 1.807) is 6.20 Å². The van der Waals surface area contributed by atoms with Crippen molar-refractivity contribution in [3.05, 3.63) is 65.5 Å². The SMILES string of the molecule is CC1=NN(c2ccccc2)C(=O)/C1=C1/C=CN=C2SC=CN21. The summed E-state index contributed by atoms with van der Waals surface area (Å²) in [4.78, 5) is 19.1. The van der Waals surface area contributed by atoms with Gasteiger partial charge in [0.1, 0.15) is 0 Å². The second-order valence-corrected chi connectivity index (χ2v) is 5.77. The van der Waals surface area contributed by atoms with Gasteiger partial charge in [-0.25, -0.2) is 4.99 Å². The number of hydrogen-bond acceptors (Lipinski definition) is 5. The Morgan fingerprint density at radius 2 is 2.00 bits per heavy atom. The predicted octanol–water partition coefficient (Wildman–Crippen LogP) is 3.07. The Labute approximate surface area is 132 Å². The Morgan fingerprint density at radius 3 is 2.82 bits per heavy atom. The van der Waals surface area contributed by atoms with E-state index in [-0.39, 0.29) is 5.91 Å². The average Bonchev–Trinajstić information content (AvgIpc) is 3.13. The van der Waals surface area contributed by atoms with Gasteiger partial charge in [-0.15, -0.1) is 0 Å². The fraction of sp³-hybridized carbons (Fsp3) is 0.0625. The van der Waals surface area contributed by atoms with Gasteiger partial charge >= 0.3 is 0 Å². The van der Waals surface area contributed by atoms with Gasteiger partial charge in [-0.2, -0.15) is 10.1 Å². The minimum absolute atomic E-state index is 0.116. The summed E-state index contributed by atoms with van der Waals surface area (Å²) in [6, 6.07) is 9.45. The van der Waals surface area contributed by atoms with E-state index in [4.69, 9.17) is 0 Å². The van der Waals surface area contributed by atoms with Crippen molar-refractivity contribution in [2.45, 2.75) is 6.92 Å². The van der Waals surface area contributed by atoms with Crippen LogP contribution in [0.5, 0.6) is 0 Å². The van der Waals surface area contributed by atoms with E-state index in [0.29, 0.717) is 11.3 Å². The lowest BCUT2D eigenvalue weighted by atomic mass is 10.1. The monoisotopic (exact) mass is 308 g/mol. The van der Waals surface area contributed by atoms with E-state index in [1.165, 1.54) is 16.8 Å². The highest BCUT2D eigenvalue weighted by Crippen LogP contribution is 2.32. The van der Waals surface area contributed by atoms with Gasteiger partial charge in [0.2, 0.25) is 0 Å². The van der Waals surface area contributed by atoms with Crippen LogP contribution in [0.2, 0.25) is 0 Å². The number of carbonyl (C=O) groups excluding carboxylic acids is 1. The first-order valence-corrected chi connectivity index (χ1v) is 7.70. The summed E-state index contributed by atoms with van der Waals surface area (Å²) >= 11 is 1.53. The molecule has 22 heavy (non-hydrogen) atoms. The van der Waals surface area contributed by atoms with Crippen LogP contribution in [0.4, 0.5) is 5.69 Å². The van der Waals surface area contributed by atoms with Gasteiger partial charge in [-0.05, 0) is 30.5 Å². The Hall–Kier alpha value is -2.60. The van der Waals surface area contributed by atoms with Crippen LogP contribution in [0.15, 0.2) is 75.6 Å². The van der Waals surface area contributed by atoms with Crippen LogP contribution in [0.3, 0.4) is 0 Å². The highest BCUT2D eigenvalue weighted by atomic mass is 32.2. The lowest BCUT2D eigenvalue weighted by molar-refractivity contribution is -0.114. The van der Waals surface area contributed by atoms with Crippen LogP contribution in [0.1, 0.15) is 6.92 Å². The lowest BCUT2D eigenvalue weighted by Crippen LogP contribution is -2.27. The van der Waals surface area contributed by atoms with Crippen LogP contribution >= 0.6 is 11.8 Å². The molecule has 0 spiro atoms. The highest BCUT2D eigenvalue weighted by Gasteiger charge is 2.34. The van der Waals surface area contributed by atoms with Crippen molar-refractivity contribution in [2.24, 2.45) is 10.1 Å². The number of aliphatic imine (C=N–C) groups is 1. The van der Waals surface area contributed by atoms with E-state index < -0.39 is 0 Å². The molecule has 0 radical (unpaired) electrons. The van der Waals surface area contributed by atoms with E-state index in [2.05, 4.69) is 10.1 Å². The molecule has 5 nitrogen and oxygen atoms in total. The molecule has 3 aliphatic rings. The van der Waals surface area contributed by atoms with Gasteiger partial charge in [0, 0.05) is 12.4 Å². The van der Waals surface area contributed by atoms with E-state index >= 15 is 0 Å². The standard InChI is InChI=1S/C16H12N4OS/c1-11-14(13-7-8-17-16-19(13)9-10-22-16)15(21)20(18-11)12-5-3-2-4-6-12/h2-10H,1H3/b14-13-. The minimum Gasteiger partial charge on any atom is -0.295 e. The summed E-state index contributed by atoms with van der Waals surface area (Å²) in [7, 11) is 0. The smallest absolute Gasteiger partial charge is 0.282 e. The third kappa shape index (κ3) is 1.92. The summed E-state index contributed by atoms with van der Waals surface area (Å²) in [5.74, 6) is -0.116. The summed E-state index contributed by atoms with van der Waals surface area (Å²) < 4.78 is 0. The van der Waals surface area contributed by atoms with Crippen LogP contribution in [-0.2, 0) is 4.79 Å². The summed E-state index contributed by atoms with van der Waals surface area (Å²) in [5, 5.41) is 8.67. The number of rotatable bonds is 1. The predicted molar refractivity (Wildman–Crippen MR) is 89.2 cm³/mol. The van der Waals surface area contributed by atoms with Crippen LogP contribution in [0, 0.1) is 0 Å². The first-order chi connectivity index (χ1) is 10.8. The molecule has 0 saturated carbocycles. The normalized spacial score (nSPS) is 23.0.